The molecule has 0 fully saturated rings. The smallest absolute Gasteiger partial charge is 0.293 e. The Morgan fingerprint density at radius 1 is 1.33 bits per heavy atom. The maximum absolute atomic E-state index is 11.0. The SMILES string of the molecule is CC(C)(O)C(C)(C)Nc1ccc(Cl)cc1[N+](=O)[O-]. The summed E-state index contributed by atoms with van der Waals surface area (Å²) in [5, 5.41) is 24.3. The summed E-state index contributed by atoms with van der Waals surface area (Å²) in [7, 11) is 0. The molecule has 1 rings (SSSR count). The second-order valence-corrected chi connectivity index (χ2v) is 5.66. The first-order valence-electron chi connectivity index (χ1n) is 5.49. The topological polar surface area (TPSA) is 75.4 Å². The van der Waals surface area contributed by atoms with E-state index in [1.54, 1.807) is 33.8 Å². The normalized spacial score (nSPS) is 12.3. The van der Waals surface area contributed by atoms with E-state index in [9.17, 15) is 15.2 Å². The van der Waals surface area contributed by atoms with Gasteiger partial charge in [-0.3, -0.25) is 10.1 Å². The lowest BCUT2D eigenvalue weighted by Gasteiger charge is -2.38. The summed E-state index contributed by atoms with van der Waals surface area (Å²) in [5.74, 6) is 0. The number of nitrogens with zero attached hydrogens (tertiary/aromatic N) is 1. The third-order valence-electron chi connectivity index (χ3n) is 3.13. The molecular weight excluding hydrogens is 256 g/mol. The van der Waals surface area contributed by atoms with Gasteiger partial charge in [-0.15, -0.1) is 0 Å². The van der Waals surface area contributed by atoms with E-state index in [2.05, 4.69) is 5.32 Å². The van der Waals surface area contributed by atoms with Crippen LogP contribution in [0.3, 0.4) is 0 Å². The summed E-state index contributed by atoms with van der Waals surface area (Å²) in [6, 6.07) is 4.38. The van der Waals surface area contributed by atoms with Gasteiger partial charge < -0.3 is 10.4 Å². The first-order valence-corrected chi connectivity index (χ1v) is 5.87. The standard InChI is InChI=1S/C12H17ClN2O3/c1-11(2,12(3,4)16)14-9-6-5-8(13)7-10(9)15(17)18/h5-7,14,16H,1-4H3. The average molecular weight is 273 g/mol. The molecule has 0 aliphatic rings. The quantitative estimate of drug-likeness (QED) is 0.652. The highest BCUT2D eigenvalue weighted by Crippen LogP contribution is 2.33. The van der Waals surface area contributed by atoms with Crippen LogP contribution in [0.1, 0.15) is 27.7 Å². The van der Waals surface area contributed by atoms with Crippen molar-refractivity contribution in [1.82, 2.24) is 0 Å². The molecule has 5 nitrogen and oxygen atoms in total. The number of anilines is 1. The van der Waals surface area contributed by atoms with Crippen molar-refractivity contribution in [2.24, 2.45) is 0 Å². The van der Waals surface area contributed by atoms with E-state index in [0.717, 1.165) is 0 Å². The Hall–Kier alpha value is -1.33. The number of hydrogen-bond donors (Lipinski definition) is 2. The lowest BCUT2D eigenvalue weighted by Crippen LogP contribution is -2.51. The van der Waals surface area contributed by atoms with Crippen molar-refractivity contribution >= 4 is 23.0 Å². The van der Waals surface area contributed by atoms with Gasteiger partial charge in [-0.05, 0) is 39.8 Å². The van der Waals surface area contributed by atoms with Crippen LogP contribution in [0, 0.1) is 10.1 Å². The fourth-order valence-electron chi connectivity index (χ4n) is 1.25. The number of rotatable bonds is 4. The van der Waals surface area contributed by atoms with Gasteiger partial charge in [0.25, 0.3) is 5.69 Å². The molecule has 0 aliphatic carbocycles. The Morgan fingerprint density at radius 2 is 1.89 bits per heavy atom. The molecule has 0 aromatic heterocycles. The zero-order valence-corrected chi connectivity index (χ0v) is 11.6. The highest BCUT2D eigenvalue weighted by Gasteiger charge is 2.36. The third-order valence-corrected chi connectivity index (χ3v) is 3.37. The Kier molecular flexibility index (Phi) is 3.88. The molecule has 0 saturated heterocycles. The van der Waals surface area contributed by atoms with E-state index >= 15 is 0 Å². The molecule has 0 amide bonds. The number of aliphatic hydroxyl groups is 1. The summed E-state index contributed by atoms with van der Waals surface area (Å²) in [5.41, 5.74) is -1.55. The molecule has 0 radical (unpaired) electrons. The maximum Gasteiger partial charge on any atom is 0.293 e. The van der Waals surface area contributed by atoms with Crippen molar-refractivity contribution in [2.75, 3.05) is 5.32 Å². The molecule has 0 spiro atoms. The van der Waals surface area contributed by atoms with Crippen LogP contribution < -0.4 is 5.32 Å². The fraction of sp³-hybridized carbons (Fsp3) is 0.500. The van der Waals surface area contributed by atoms with Gasteiger partial charge in [0.05, 0.1) is 16.1 Å². The van der Waals surface area contributed by atoms with E-state index in [1.165, 1.54) is 12.1 Å². The van der Waals surface area contributed by atoms with Gasteiger partial charge in [-0.2, -0.15) is 0 Å². The molecule has 0 bridgehead atoms. The number of benzene rings is 1. The predicted molar refractivity (Wildman–Crippen MR) is 72.1 cm³/mol. The number of nitro benzene ring substituents is 1. The van der Waals surface area contributed by atoms with E-state index in [4.69, 9.17) is 11.6 Å². The zero-order chi connectivity index (χ0) is 14.1. The number of nitrogens with one attached hydrogen (secondary N) is 1. The van der Waals surface area contributed by atoms with Crippen LogP contribution in [-0.2, 0) is 0 Å². The minimum atomic E-state index is -1.04. The molecule has 0 atom stereocenters. The van der Waals surface area contributed by atoms with Gasteiger partial charge in [0.2, 0.25) is 0 Å². The molecule has 1 aromatic carbocycles. The number of hydrogen-bond acceptors (Lipinski definition) is 4. The zero-order valence-electron chi connectivity index (χ0n) is 10.8. The molecule has 6 heteroatoms. The van der Waals surface area contributed by atoms with Crippen LogP contribution in [0.15, 0.2) is 18.2 Å². The Labute approximate surface area is 111 Å². The summed E-state index contributed by atoms with van der Waals surface area (Å²) in [6.07, 6.45) is 0. The molecule has 0 saturated carbocycles. The molecule has 2 N–H and O–H groups in total. The summed E-state index contributed by atoms with van der Waals surface area (Å²) >= 11 is 5.74. The van der Waals surface area contributed by atoms with E-state index in [1.807, 2.05) is 0 Å². The second kappa shape index (κ2) is 4.74. The van der Waals surface area contributed by atoms with Gasteiger partial charge >= 0.3 is 0 Å². The van der Waals surface area contributed by atoms with Crippen LogP contribution in [0.5, 0.6) is 0 Å². The van der Waals surface area contributed by atoms with Gasteiger partial charge in [0, 0.05) is 11.1 Å². The molecule has 18 heavy (non-hydrogen) atoms. The van der Waals surface area contributed by atoms with Crippen LogP contribution in [-0.4, -0.2) is 21.2 Å². The van der Waals surface area contributed by atoms with E-state index < -0.39 is 16.1 Å². The van der Waals surface area contributed by atoms with Gasteiger partial charge in [0.15, 0.2) is 0 Å². The first-order chi connectivity index (χ1) is 8.04. The lowest BCUT2D eigenvalue weighted by atomic mass is 9.85. The van der Waals surface area contributed by atoms with Crippen LogP contribution in [0.25, 0.3) is 0 Å². The van der Waals surface area contributed by atoms with E-state index in [-0.39, 0.29) is 5.69 Å². The minimum absolute atomic E-state index is 0.111. The fourth-order valence-corrected chi connectivity index (χ4v) is 1.42. The Bertz CT molecular complexity index is 467. The van der Waals surface area contributed by atoms with Crippen molar-refractivity contribution < 1.29 is 10.0 Å². The molecule has 0 unspecified atom stereocenters. The number of halogens is 1. The van der Waals surface area contributed by atoms with Crippen molar-refractivity contribution in [2.45, 2.75) is 38.8 Å². The summed E-state index contributed by atoms with van der Waals surface area (Å²) in [6.45, 7) is 6.82. The van der Waals surface area contributed by atoms with Crippen molar-refractivity contribution in [3.05, 3.63) is 33.3 Å². The molecule has 0 aliphatic heterocycles. The van der Waals surface area contributed by atoms with Crippen molar-refractivity contribution in [3.63, 3.8) is 0 Å². The van der Waals surface area contributed by atoms with Crippen molar-refractivity contribution in [3.8, 4) is 0 Å². The molecular formula is C12H17ClN2O3. The largest absolute Gasteiger partial charge is 0.388 e. The maximum atomic E-state index is 11.0. The lowest BCUT2D eigenvalue weighted by molar-refractivity contribution is -0.384. The predicted octanol–water partition coefficient (Wildman–Crippen LogP) is 3.21. The highest BCUT2D eigenvalue weighted by molar-refractivity contribution is 6.30. The highest BCUT2D eigenvalue weighted by atomic mass is 35.5. The second-order valence-electron chi connectivity index (χ2n) is 5.23. The van der Waals surface area contributed by atoms with Gasteiger partial charge in [-0.1, -0.05) is 11.6 Å². The third kappa shape index (κ3) is 3.11. The van der Waals surface area contributed by atoms with Crippen LogP contribution in [0.4, 0.5) is 11.4 Å². The van der Waals surface area contributed by atoms with Gasteiger partial charge in [0.1, 0.15) is 5.69 Å². The minimum Gasteiger partial charge on any atom is -0.388 e. The summed E-state index contributed by atoms with van der Waals surface area (Å²) in [4.78, 5) is 10.4. The molecule has 0 heterocycles. The van der Waals surface area contributed by atoms with Crippen LogP contribution >= 0.6 is 11.6 Å². The van der Waals surface area contributed by atoms with Gasteiger partial charge in [-0.25, -0.2) is 0 Å². The first kappa shape index (κ1) is 14.7. The molecule has 100 valence electrons. The van der Waals surface area contributed by atoms with E-state index in [0.29, 0.717) is 10.7 Å². The Morgan fingerprint density at radius 3 is 2.33 bits per heavy atom. The average Bonchev–Trinajstić information content (AvgIpc) is 2.18. The molecule has 1 aromatic rings. The van der Waals surface area contributed by atoms with Crippen molar-refractivity contribution in [1.29, 1.82) is 0 Å². The monoisotopic (exact) mass is 272 g/mol. The Balaban J connectivity index is 3.16. The van der Waals surface area contributed by atoms with Crippen LogP contribution in [0.2, 0.25) is 5.02 Å². The summed E-state index contributed by atoms with van der Waals surface area (Å²) < 4.78 is 0. The number of nitro groups is 1.